The largest absolute Gasteiger partial charge is 0.480 e. The van der Waals surface area contributed by atoms with Crippen LogP contribution in [0, 0.1) is 11.8 Å². The van der Waals surface area contributed by atoms with Crippen LogP contribution in [0.4, 0.5) is 0 Å². The van der Waals surface area contributed by atoms with Gasteiger partial charge in [-0.3, -0.25) is 14.4 Å². The van der Waals surface area contributed by atoms with E-state index in [1.165, 1.54) is 12.5 Å². The maximum absolute atomic E-state index is 12.8. The number of nitrogens with one attached hydrogen (secondary N) is 2. The molecule has 1 aromatic rings. The van der Waals surface area contributed by atoms with Gasteiger partial charge in [0.05, 0.1) is 0 Å². The Morgan fingerprint density at radius 1 is 1.17 bits per heavy atom. The summed E-state index contributed by atoms with van der Waals surface area (Å²) in [5.74, 6) is -1.57. The van der Waals surface area contributed by atoms with Crippen molar-refractivity contribution >= 4 is 17.8 Å². The Morgan fingerprint density at radius 3 is 2.66 bits per heavy atom. The first-order valence-corrected chi connectivity index (χ1v) is 9.89. The van der Waals surface area contributed by atoms with E-state index in [4.69, 9.17) is 5.11 Å². The van der Waals surface area contributed by atoms with E-state index in [1.807, 2.05) is 12.1 Å². The van der Waals surface area contributed by atoms with Gasteiger partial charge in [-0.15, -0.1) is 0 Å². The summed E-state index contributed by atoms with van der Waals surface area (Å²) in [5.41, 5.74) is 1.69. The molecule has 0 spiro atoms. The molecular formula is C23H26N2O4. The molecule has 0 aromatic heterocycles. The Morgan fingerprint density at radius 2 is 1.93 bits per heavy atom. The molecule has 6 heteroatoms. The Balaban J connectivity index is 1.77. The first-order chi connectivity index (χ1) is 14.0. The van der Waals surface area contributed by atoms with Crippen LogP contribution >= 0.6 is 0 Å². The molecule has 4 atom stereocenters. The molecular weight excluding hydrogens is 368 g/mol. The van der Waals surface area contributed by atoms with Gasteiger partial charge in [0.15, 0.2) is 0 Å². The van der Waals surface area contributed by atoms with Crippen molar-refractivity contribution in [1.29, 1.82) is 0 Å². The minimum Gasteiger partial charge on any atom is -0.480 e. The average molecular weight is 394 g/mol. The van der Waals surface area contributed by atoms with Crippen molar-refractivity contribution in [2.24, 2.45) is 11.8 Å². The summed E-state index contributed by atoms with van der Waals surface area (Å²) in [7, 11) is 0. The highest BCUT2D eigenvalue weighted by atomic mass is 16.4. The molecule has 0 saturated carbocycles. The number of carboxylic acids is 1. The van der Waals surface area contributed by atoms with E-state index in [0.29, 0.717) is 17.9 Å². The van der Waals surface area contributed by atoms with Gasteiger partial charge >= 0.3 is 5.97 Å². The van der Waals surface area contributed by atoms with Gasteiger partial charge in [-0.25, -0.2) is 0 Å². The molecule has 0 radical (unpaired) electrons. The highest BCUT2D eigenvalue weighted by Crippen LogP contribution is 2.36. The van der Waals surface area contributed by atoms with Gasteiger partial charge in [-0.1, -0.05) is 48.6 Å². The zero-order valence-corrected chi connectivity index (χ0v) is 16.4. The molecule has 3 N–H and O–H groups in total. The van der Waals surface area contributed by atoms with E-state index in [-0.39, 0.29) is 11.8 Å². The first-order valence-electron chi connectivity index (χ1n) is 9.89. The van der Waals surface area contributed by atoms with Gasteiger partial charge in [0.2, 0.25) is 5.91 Å². The summed E-state index contributed by atoms with van der Waals surface area (Å²) < 4.78 is 0. The van der Waals surface area contributed by atoms with Crippen molar-refractivity contribution in [3.8, 4) is 0 Å². The highest BCUT2D eigenvalue weighted by Gasteiger charge is 2.32. The number of amides is 2. The molecule has 2 aliphatic rings. The molecule has 0 bridgehead atoms. The third-order valence-corrected chi connectivity index (χ3v) is 5.44. The Hall–Kier alpha value is -3.15. The van der Waals surface area contributed by atoms with Crippen LogP contribution in [-0.4, -0.2) is 35.0 Å². The van der Waals surface area contributed by atoms with Crippen molar-refractivity contribution in [3.63, 3.8) is 0 Å². The molecule has 0 saturated heterocycles. The monoisotopic (exact) mass is 394 g/mol. The maximum atomic E-state index is 12.8. The van der Waals surface area contributed by atoms with Gasteiger partial charge in [0.1, 0.15) is 12.1 Å². The van der Waals surface area contributed by atoms with Crippen LogP contribution in [0.15, 0.2) is 66.3 Å². The molecule has 2 amide bonds. The van der Waals surface area contributed by atoms with Gasteiger partial charge in [-0.2, -0.15) is 0 Å². The van der Waals surface area contributed by atoms with E-state index >= 15 is 0 Å². The molecule has 29 heavy (non-hydrogen) atoms. The van der Waals surface area contributed by atoms with Crippen LogP contribution in [0.2, 0.25) is 0 Å². The molecule has 2 aliphatic carbocycles. The predicted octanol–water partition coefficient (Wildman–Crippen LogP) is 2.84. The number of aliphatic carboxylic acids is 1. The fraction of sp³-hybridized carbons (Fsp3) is 0.348. The molecule has 152 valence electrons. The molecule has 0 fully saturated rings. The van der Waals surface area contributed by atoms with Crippen LogP contribution in [0.3, 0.4) is 0 Å². The molecule has 2 unspecified atom stereocenters. The number of hydrogen-bond acceptors (Lipinski definition) is 3. The van der Waals surface area contributed by atoms with E-state index < -0.39 is 24.0 Å². The topological polar surface area (TPSA) is 95.5 Å². The summed E-state index contributed by atoms with van der Waals surface area (Å²) >= 11 is 0. The van der Waals surface area contributed by atoms with Crippen molar-refractivity contribution in [2.75, 3.05) is 0 Å². The van der Waals surface area contributed by atoms with Crippen LogP contribution in [-0.2, 0) is 9.59 Å². The van der Waals surface area contributed by atoms with Crippen LogP contribution < -0.4 is 10.6 Å². The maximum Gasteiger partial charge on any atom is 0.325 e. The highest BCUT2D eigenvalue weighted by molar-refractivity contribution is 5.98. The molecule has 6 nitrogen and oxygen atoms in total. The van der Waals surface area contributed by atoms with Crippen molar-refractivity contribution in [3.05, 3.63) is 71.8 Å². The Bertz CT molecular complexity index is 857. The normalized spacial score (nSPS) is 22.0. The lowest BCUT2D eigenvalue weighted by Gasteiger charge is -2.33. The minimum atomic E-state index is -1.12. The van der Waals surface area contributed by atoms with Crippen molar-refractivity contribution in [2.45, 2.75) is 38.3 Å². The fourth-order valence-corrected chi connectivity index (χ4v) is 3.82. The molecule has 0 aliphatic heterocycles. The molecule has 3 rings (SSSR count). The number of hydrogen-bond donors (Lipinski definition) is 3. The Labute approximate surface area is 170 Å². The summed E-state index contributed by atoms with van der Waals surface area (Å²) in [5, 5.41) is 14.4. The summed E-state index contributed by atoms with van der Waals surface area (Å²) in [4.78, 5) is 36.6. The number of carbonyl (C=O) groups is 3. The van der Waals surface area contributed by atoms with Crippen LogP contribution in [0.25, 0.3) is 0 Å². The van der Waals surface area contributed by atoms with Crippen LogP contribution in [0.1, 0.15) is 36.5 Å². The molecule has 0 heterocycles. The molecule has 1 aromatic carbocycles. The number of rotatable bonds is 7. The third kappa shape index (κ3) is 5.22. The van der Waals surface area contributed by atoms with Gasteiger partial charge < -0.3 is 15.7 Å². The Kier molecular flexibility index (Phi) is 6.65. The van der Waals surface area contributed by atoms with Crippen molar-refractivity contribution < 1.29 is 19.5 Å². The lowest BCUT2D eigenvalue weighted by Crippen LogP contribution is -2.51. The summed E-state index contributed by atoms with van der Waals surface area (Å²) in [6, 6.07) is 6.82. The van der Waals surface area contributed by atoms with Gasteiger partial charge in [0.25, 0.3) is 5.91 Å². The second-order valence-electron chi connectivity index (χ2n) is 7.50. The lowest BCUT2D eigenvalue weighted by atomic mass is 9.74. The van der Waals surface area contributed by atoms with E-state index in [1.54, 1.807) is 24.3 Å². The smallest absolute Gasteiger partial charge is 0.325 e. The number of carbonyl (C=O) groups excluding carboxylic acids is 2. The zero-order valence-electron chi connectivity index (χ0n) is 16.4. The second-order valence-corrected chi connectivity index (χ2v) is 7.50. The van der Waals surface area contributed by atoms with Crippen LogP contribution in [0.5, 0.6) is 0 Å². The summed E-state index contributed by atoms with van der Waals surface area (Å²) in [6.45, 7) is 1.41. The number of carboxylic acid groups (broad SMARTS) is 1. The third-order valence-electron chi connectivity index (χ3n) is 5.44. The van der Waals surface area contributed by atoms with E-state index in [9.17, 15) is 14.4 Å². The second kappa shape index (κ2) is 9.37. The van der Waals surface area contributed by atoms with Crippen molar-refractivity contribution in [1.82, 2.24) is 10.6 Å². The number of benzene rings is 1. The average Bonchev–Trinajstić information content (AvgIpc) is 2.73. The summed E-state index contributed by atoms with van der Waals surface area (Å²) in [6.07, 6.45) is 12.8. The quantitative estimate of drug-likeness (QED) is 0.663. The number of fused-ring (bicyclic) bond motifs is 1. The van der Waals surface area contributed by atoms with E-state index in [0.717, 1.165) is 12.8 Å². The van der Waals surface area contributed by atoms with E-state index in [2.05, 4.69) is 34.9 Å². The predicted molar refractivity (Wildman–Crippen MR) is 110 cm³/mol. The minimum absolute atomic E-state index is 0.0897. The fourth-order valence-electron chi connectivity index (χ4n) is 3.82. The lowest BCUT2D eigenvalue weighted by molar-refractivity contribution is -0.141. The standard InChI is InChI=1S/C23H26N2O4/c1-15(23(28)29)24-22(27)20(25-21(26)17-9-3-2-4-10-17)14-18-12-7-11-16-8-5-6-13-19(16)18/h2-5,7-12,15,18-20H,6,13-14H2,1H3,(H,24,27)(H,25,26)(H,28,29)/t15-,18?,19?,20+/m0/s1. The SMILES string of the molecule is C[C@H](NC(=O)[C@@H](CC1C=CC=C2C=CCCC21)NC(=O)c1ccccc1)C(=O)O. The number of allylic oxidation sites excluding steroid dienone is 6. The van der Waals surface area contributed by atoms with Gasteiger partial charge in [0, 0.05) is 5.56 Å². The van der Waals surface area contributed by atoms with Gasteiger partial charge in [-0.05, 0) is 55.7 Å². The first kappa shape index (κ1) is 20.6. The zero-order chi connectivity index (χ0) is 20.8.